The molecule has 7 nitrogen and oxygen atoms in total. The highest BCUT2D eigenvalue weighted by atomic mass is 16.4. The summed E-state index contributed by atoms with van der Waals surface area (Å²) in [6.45, 7) is 4.26. The van der Waals surface area contributed by atoms with E-state index in [0.29, 0.717) is 0 Å². The maximum Gasteiger partial charge on any atom is 0.323 e. The van der Waals surface area contributed by atoms with E-state index in [9.17, 15) is 14.7 Å². The Bertz CT molecular complexity index is 375. The number of aliphatic hydroxyl groups is 1. The first kappa shape index (κ1) is 12.3. The number of amides is 1. The Morgan fingerprint density at radius 1 is 1.69 bits per heavy atom. The lowest BCUT2D eigenvalue weighted by molar-refractivity contribution is -0.140. The number of hydrogen-bond acceptors (Lipinski definition) is 5. The van der Waals surface area contributed by atoms with Crippen LogP contribution in [0.3, 0.4) is 0 Å². The van der Waals surface area contributed by atoms with Crippen molar-refractivity contribution in [3.05, 3.63) is 12.3 Å². The Morgan fingerprint density at radius 2 is 2.25 bits per heavy atom. The largest absolute Gasteiger partial charge is 0.480 e. The van der Waals surface area contributed by atoms with Crippen LogP contribution in [0, 0.1) is 0 Å². The molecule has 0 saturated heterocycles. The molecular formula is C9H13N3O4. The van der Waals surface area contributed by atoms with Gasteiger partial charge < -0.3 is 15.9 Å². The molecule has 0 unspecified atom stereocenters. The summed E-state index contributed by atoms with van der Waals surface area (Å²) in [5, 5.41) is 17.9. The topological polar surface area (TPSA) is 116 Å². The number of carbonyl (C=O) groups is 2. The Morgan fingerprint density at radius 3 is 2.69 bits per heavy atom. The molecule has 1 amide bonds. The van der Waals surface area contributed by atoms with Crippen molar-refractivity contribution in [1.29, 1.82) is 0 Å². The number of amidine groups is 1. The van der Waals surface area contributed by atoms with Crippen LogP contribution in [0.2, 0.25) is 0 Å². The second-order valence-corrected chi connectivity index (χ2v) is 3.47. The first-order valence-corrected chi connectivity index (χ1v) is 4.59. The van der Waals surface area contributed by atoms with Crippen molar-refractivity contribution in [2.75, 3.05) is 6.54 Å². The fourth-order valence-corrected chi connectivity index (χ4v) is 1.26. The van der Waals surface area contributed by atoms with Crippen LogP contribution in [-0.4, -0.2) is 51.5 Å². The number of aliphatic carboxylic acids is 1. The summed E-state index contributed by atoms with van der Waals surface area (Å²) in [7, 11) is 0. The highest BCUT2D eigenvalue weighted by Crippen LogP contribution is 2.15. The Labute approximate surface area is 91.9 Å². The number of aliphatic imine (C=N–C) groups is 1. The van der Waals surface area contributed by atoms with Gasteiger partial charge in [-0.2, -0.15) is 0 Å². The van der Waals surface area contributed by atoms with Gasteiger partial charge in [-0.1, -0.05) is 6.58 Å². The molecule has 1 heterocycles. The molecule has 0 saturated carbocycles. The number of carboxylic acids is 1. The predicted octanol–water partition coefficient (Wildman–Crippen LogP) is -1.47. The number of nitrogens with zero attached hydrogens (tertiary/aromatic N) is 2. The normalized spacial score (nSPS) is 19.7. The summed E-state index contributed by atoms with van der Waals surface area (Å²) in [6, 6.07) is -0.914. The van der Waals surface area contributed by atoms with Gasteiger partial charge in [0.05, 0.1) is 12.1 Å². The van der Waals surface area contributed by atoms with Gasteiger partial charge in [-0.25, -0.2) is 4.99 Å². The fourth-order valence-electron chi connectivity index (χ4n) is 1.26. The fraction of sp³-hybridized carbons (Fsp3) is 0.444. The molecule has 88 valence electrons. The van der Waals surface area contributed by atoms with Crippen LogP contribution in [0.25, 0.3) is 0 Å². The minimum atomic E-state index is -1.19. The predicted molar refractivity (Wildman–Crippen MR) is 55.6 cm³/mol. The van der Waals surface area contributed by atoms with Gasteiger partial charge in [-0.3, -0.25) is 14.5 Å². The van der Waals surface area contributed by atoms with Crippen LogP contribution in [0.5, 0.6) is 0 Å². The van der Waals surface area contributed by atoms with Gasteiger partial charge in [0.2, 0.25) is 0 Å². The highest BCUT2D eigenvalue weighted by Gasteiger charge is 2.35. The van der Waals surface area contributed by atoms with E-state index in [0.717, 1.165) is 4.90 Å². The van der Waals surface area contributed by atoms with Gasteiger partial charge in [-0.15, -0.1) is 0 Å². The van der Waals surface area contributed by atoms with Gasteiger partial charge >= 0.3 is 5.97 Å². The number of rotatable bonds is 4. The van der Waals surface area contributed by atoms with Crippen LogP contribution >= 0.6 is 0 Å². The van der Waals surface area contributed by atoms with E-state index < -0.39 is 30.6 Å². The number of aliphatic hydroxyl groups excluding tert-OH is 1. The van der Waals surface area contributed by atoms with Gasteiger partial charge in [0.25, 0.3) is 5.91 Å². The highest BCUT2D eigenvalue weighted by molar-refractivity contribution is 6.14. The van der Waals surface area contributed by atoms with E-state index in [1.54, 1.807) is 0 Å². The Hall–Kier alpha value is -1.73. The maximum absolute atomic E-state index is 11.5. The third kappa shape index (κ3) is 2.26. The van der Waals surface area contributed by atoms with E-state index in [4.69, 9.17) is 10.8 Å². The molecule has 0 radical (unpaired) electrons. The lowest BCUT2D eigenvalue weighted by Crippen LogP contribution is -2.50. The standard InChI is InChI=1S/C9H13N3O4/c1-4-9(16)12(3-6(14)15)8(11-4)7(10)5(2)13/h5,7,13H,1,3,10H2,2H3,(H,14,15)/t5-,7+/m1/s1. The molecule has 4 N–H and O–H groups in total. The van der Waals surface area contributed by atoms with E-state index >= 15 is 0 Å². The van der Waals surface area contributed by atoms with Crippen molar-refractivity contribution in [1.82, 2.24) is 4.90 Å². The third-order valence-corrected chi connectivity index (χ3v) is 2.13. The SMILES string of the molecule is C=C1N=C([C@@H](N)[C@@H](C)O)N(CC(=O)O)C1=O. The lowest BCUT2D eigenvalue weighted by atomic mass is 10.1. The van der Waals surface area contributed by atoms with Crippen LogP contribution in [0.15, 0.2) is 17.3 Å². The molecule has 0 aromatic carbocycles. The van der Waals surface area contributed by atoms with Crippen molar-refractivity contribution >= 4 is 17.7 Å². The van der Waals surface area contributed by atoms with Gasteiger partial charge in [-0.05, 0) is 6.92 Å². The number of nitrogens with two attached hydrogens (primary N) is 1. The summed E-state index contributed by atoms with van der Waals surface area (Å²) in [5.74, 6) is -1.76. The van der Waals surface area contributed by atoms with Gasteiger partial charge in [0.15, 0.2) is 0 Å². The molecule has 0 fully saturated rings. The lowest BCUT2D eigenvalue weighted by Gasteiger charge is -2.22. The molecule has 0 aliphatic carbocycles. The summed E-state index contributed by atoms with van der Waals surface area (Å²) >= 11 is 0. The van der Waals surface area contributed by atoms with Crippen molar-refractivity contribution in [3.63, 3.8) is 0 Å². The van der Waals surface area contributed by atoms with Crippen molar-refractivity contribution in [2.24, 2.45) is 10.7 Å². The molecule has 1 rings (SSSR count). The van der Waals surface area contributed by atoms with Crippen LogP contribution in [0.1, 0.15) is 6.92 Å². The molecule has 2 atom stereocenters. The van der Waals surface area contributed by atoms with Crippen molar-refractivity contribution in [3.8, 4) is 0 Å². The summed E-state index contributed by atoms with van der Waals surface area (Å²) in [4.78, 5) is 26.7. The smallest absolute Gasteiger partial charge is 0.323 e. The zero-order chi connectivity index (χ0) is 12.5. The zero-order valence-corrected chi connectivity index (χ0v) is 8.75. The minimum Gasteiger partial charge on any atom is -0.480 e. The van der Waals surface area contributed by atoms with Gasteiger partial charge in [0, 0.05) is 0 Å². The van der Waals surface area contributed by atoms with E-state index in [1.165, 1.54) is 6.92 Å². The molecule has 0 aromatic rings. The molecule has 0 spiro atoms. The first-order valence-electron chi connectivity index (χ1n) is 4.59. The third-order valence-electron chi connectivity index (χ3n) is 2.13. The van der Waals surface area contributed by atoms with Crippen LogP contribution in [0.4, 0.5) is 0 Å². The number of carbonyl (C=O) groups excluding carboxylic acids is 1. The van der Waals surface area contributed by atoms with Crippen molar-refractivity contribution in [2.45, 2.75) is 19.1 Å². The average Bonchev–Trinajstić information content (AvgIpc) is 2.44. The van der Waals surface area contributed by atoms with Crippen molar-refractivity contribution < 1.29 is 19.8 Å². The second-order valence-electron chi connectivity index (χ2n) is 3.47. The van der Waals surface area contributed by atoms with Gasteiger partial charge in [0.1, 0.15) is 18.1 Å². The quantitative estimate of drug-likeness (QED) is 0.507. The molecule has 0 bridgehead atoms. The summed E-state index contributed by atoms with van der Waals surface area (Å²) in [5.41, 5.74) is 5.53. The Kier molecular flexibility index (Phi) is 3.41. The molecule has 1 aliphatic rings. The summed E-state index contributed by atoms with van der Waals surface area (Å²) in [6.07, 6.45) is -0.936. The van der Waals surface area contributed by atoms with Crippen LogP contribution in [-0.2, 0) is 9.59 Å². The molecule has 7 heteroatoms. The molecular weight excluding hydrogens is 214 g/mol. The van der Waals surface area contributed by atoms with Crippen LogP contribution < -0.4 is 5.73 Å². The molecule has 16 heavy (non-hydrogen) atoms. The minimum absolute atomic E-state index is 0.0346. The second kappa shape index (κ2) is 4.42. The molecule has 0 aromatic heterocycles. The molecule has 1 aliphatic heterocycles. The van der Waals surface area contributed by atoms with E-state index in [2.05, 4.69) is 11.6 Å². The number of carboxylic acid groups (broad SMARTS) is 1. The summed E-state index contributed by atoms with van der Waals surface area (Å²) < 4.78 is 0. The average molecular weight is 227 g/mol. The van der Waals surface area contributed by atoms with E-state index in [-0.39, 0.29) is 11.5 Å². The number of hydrogen-bond donors (Lipinski definition) is 3. The zero-order valence-electron chi connectivity index (χ0n) is 8.75. The maximum atomic E-state index is 11.5. The Balaban J connectivity index is 2.96. The monoisotopic (exact) mass is 227 g/mol. The van der Waals surface area contributed by atoms with E-state index in [1.807, 2.05) is 0 Å². The first-order chi connectivity index (χ1) is 7.34.